The first-order chi connectivity index (χ1) is 14.0. The molecule has 0 saturated heterocycles. The molecule has 1 heterocycles. The van der Waals surface area contributed by atoms with Gasteiger partial charge in [-0.2, -0.15) is 5.26 Å². The Morgan fingerprint density at radius 3 is 2.72 bits per heavy atom. The molecule has 1 N–H and O–H groups in total. The summed E-state index contributed by atoms with van der Waals surface area (Å²) in [6, 6.07) is 6.81. The first kappa shape index (κ1) is 20.7. The third-order valence-corrected chi connectivity index (χ3v) is 6.00. The van der Waals surface area contributed by atoms with Gasteiger partial charge in [0.05, 0.1) is 25.3 Å². The number of nitrogens with zero attached hydrogens (tertiary/aromatic N) is 1. The number of fused-ring (bicyclic) bond motifs is 1. The number of methoxy groups -OCH3 is 2. The number of hydrogen-bond donors (Lipinski definition) is 1. The number of esters is 1. The largest absolute Gasteiger partial charge is 0.493 e. The maximum absolute atomic E-state index is 12.3. The van der Waals surface area contributed by atoms with Gasteiger partial charge in [-0.3, -0.25) is 4.79 Å². The van der Waals surface area contributed by atoms with Crippen molar-refractivity contribution < 1.29 is 23.8 Å². The number of anilines is 1. The maximum atomic E-state index is 12.3. The highest BCUT2D eigenvalue weighted by Crippen LogP contribution is 2.39. The molecule has 29 heavy (non-hydrogen) atoms. The molecule has 3 rings (SSSR count). The third kappa shape index (κ3) is 4.51. The number of nitriles is 1. The summed E-state index contributed by atoms with van der Waals surface area (Å²) in [5.74, 6) is 0.312. The fraction of sp³-hybridized carbons (Fsp3) is 0.381. The molecule has 0 unspecified atom stereocenters. The third-order valence-electron chi connectivity index (χ3n) is 4.83. The smallest absolute Gasteiger partial charge is 0.338 e. The van der Waals surface area contributed by atoms with Crippen LogP contribution in [0.5, 0.6) is 11.5 Å². The molecule has 1 aromatic carbocycles. The second-order valence-electron chi connectivity index (χ2n) is 6.86. The number of carbonyl (C=O) groups is 2. The summed E-state index contributed by atoms with van der Waals surface area (Å²) < 4.78 is 15.4. The minimum Gasteiger partial charge on any atom is -0.493 e. The Labute approximate surface area is 173 Å². The summed E-state index contributed by atoms with van der Waals surface area (Å²) >= 11 is 1.43. The van der Waals surface area contributed by atoms with E-state index >= 15 is 0 Å². The molecule has 1 atom stereocenters. The molecule has 7 nitrogen and oxygen atoms in total. The van der Waals surface area contributed by atoms with Gasteiger partial charge in [0.25, 0.3) is 5.91 Å². The van der Waals surface area contributed by atoms with Crippen molar-refractivity contribution >= 4 is 28.2 Å². The van der Waals surface area contributed by atoms with Crippen molar-refractivity contribution in [3.63, 3.8) is 0 Å². The zero-order valence-corrected chi connectivity index (χ0v) is 17.4. The van der Waals surface area contributed by atoms with Crippen LogP contribution < -0.4 is 14.8 Å². The van der Waals surface area contributed by atoms with E-state index in [9.17, 15) is 14.9 Å². The zero-order valence-electron chi connectivity index (χ0n) is 16.5. The van der Waals surface area contributed by atoms with Crippen molar-refractivity contribution in [3.05, 3.63) is 39.8 Å². The number of amides is 1. The minimum absolute atomic E-state index is 0.244. The van der Waals surface area contributed by atoms with E-state index in [1.54, 1.807) is 6.07 Å². The Morgan fingerprint density at radius 1 is 1.28 bits per heavy atom. The van der Waals surface area contributed by atoms with Gasteiger partial charge >= 0.3 is 5.97 Å². The Hall–Kier alpha value is -3.05. The number of carbonyl (C=O) groups excluding carboxylic acids is 2. The Balaban J connectivity index is 1.63. The number of benzene rings is 1. The summed E-state index contributed by atoms with van der Waals surface area (Å²) in [6.45, 7) is 1.73. The van der Waals surface area contributed by atoms with Gasteiger partial charge < -0.3 is 19.5 Å². The van der Waals surface area contributed by atoms with Gasteiger partial charge in [-0.25, -0.2) is 4.79 Å². The lowest BCUT2D eigenvalue weighted by Gasteiger charge is -2.17. The minimum atomic E-state index is -0.652. The SMILES string of the molecule is COc1ccc(C(=O)OCC(=O)Nc2sc3c(c2C#N)CC[C@@H](C)C3)cc1OC. The highest BCUT2D eigenvalue weighted by molar-refractivity contribution is 7.16. The fourth-order valence-electron chi connectivity index (χ4n) is 3.30. The lowest BCUT2D eigenvalue weighted by molar-refractivity contribution is -0.119. The van der Waals surface area contributed by atoms with Crippen molar-refractivity contribution in [2.45, 2.75) is 26.2 Å². The van der Waals surface area contributed by atoms with Crippen molar-refractivity contribution in [1.82, 2.24) is 0 Å². The molecule has 152 valence electrons. The predicted molar refractivity (Wildman–Crippen MR) is 109 cm³/mol. The molecule has 0 bridgehead atoms. The van der Waals surface area contributed by atoms with Crippen LogP contribution >= 0.6 is 11.3 Å². The maximum Gasteiger partial charge on any atom is 0.338 e. The van der Waals surface area contributed by atoms with Crippen LogP contribution in [0.4, 0.5) is 5.00 Å². The number of hydrogen-bond acceptors (Lipinski definition) is 7. The van der Waals surface area contributed by atoms with Crippen LogP contribution in [0, 0.1) is 17.2 Å². The number of thiophene rings is 1. The molecular formula is C21H22N2O5S. The first-order valence-corrected chi connectivity index (χ1v) is 10.0. The highest BCUT2D eigenvalue weighted by atomic mass is 32.1. The van der Waals surface area contributed by atoms with E-state index in [0.29, 0.717) is 28.0 Å². The average molecular weight is 414 g/mol. The summed E-state index contributed by atoms with van der Waals surface area (Å²) in [7, 11) is 2.97. The monoisotopic (exact) mass is 414 g/mol. The van der Waals surface area contributed by atoms with Gasteiger partial charge in [-0.1, -0.05) is 6.92 Å². The number of rotatable bonds is 6. The van der Waals surface area contributed by atoms with E-state index in [-0.39, 0.29) is 5.56 Å². The van der Waals surface area contributed by atoms with Crippen LogP contribution in [0.1, 0.15) is 39.7 Å². The Bertz CT molecular complexity index is 976. The van der Waals surface area contributed by atoms with Crippen molar-refractivity contribution in [3.8, 4) is 17.6 Å². The molecule has 0 spiro atoms. The second kappa shape index (κ2) is 8.97. The zero-order chi connectivity index (χ0) is 21.0. The van der Waals surface area contributed by atoms with Crippen LogP contribution in [-0.4, -0.2) is 32.7 Å². The van der Waals surface area contributed by atoms with Crippen LogP contribution in [0.2, 0.25) is 0 Å². The van der Waals surface area contributed by atoms with E-state index in [0.717, 1.165) is 29.7 Å². The van der Waals surface area contributed by atoms with E-state index in [4.69, 9.17) is 14.2 Å². The number of ether oxygens (including phenoxy) is 3. The van der Waals surface area contributed by atoms with Gasteiger partial charge in [-0.05, 0) is 48.9 Å². The van der Waals surface area contributed by atoms with Crippen LogP contribution in [0.15, 0.2) is 18.2 Å². The predicted octanol–water partition coefficient (Wildman–Crippen LogP) is 3.56. The molecule has 2 aromatic rings. The summed E-state index contributed by atoms with van der Waals surface area (Å²) in [5.41, 5.74) is 1.80. The Kier molecular flexibility index (Phi) is 6.39. The van der Waals surface area contributed by atoms with E-state index in [1.807, 2.05) is 0 Å². The van der Waals surface area contributed by atoms with Crippen molar-refractivity contribution in [1.29, 1.82) is 5.26 Å². The van der Waals surface area contributed by atoms with E-state index < -0.39 is 18.5 Å². The van der Waals surface area contributed by atoms with Crippen LogP contribution in [0.25, 0.3) is 0 Å². The van der Waals surface area contributed by atoms with Crippen LogP contribution in [-0.2, 0) is 22.4 Å². The van der Waals surface area contributed by atoms with Gasteiger partial charge in [0.1, 0.15) is 11.1 Å². The molecule has 0 fully saturated rings. The first-order valence-electron chi connectivity index (χ1n) is 9.20. The average Bonchev–Trinajstić information content (AvgIpc) is 3.06. The normalized spacial score (nSPS) is 15.0. The van der Waals surface area contributed by atoms with Gasteiger partial charge in [0.2, 0.25) is 0 Å². The molecule has 1 amide bonds. The summed E-state index contributed by atoms with van der Waals surface area (Å²) in [4.78, 5) is 25.7. The van der Waals surface area contributed by atoms with E-state index in [2.05, 4.69) is 18.3 Å². The van der Waals surface area contributed by atoms with Gasteiger partial charge in [0.15, 0.2) is 18.1 Å². The molecule has 0 radical (unpaired) electrons. The lowest BCUT2D eigenvalue weighted by Crippen LogP contribution is -2.21. The molecule has 1 aliphatic carbocycles. The van der Waals surface area contributed by atoms with Gasteiger partial charge in [0, 0.05) is 4.88 Å². The molecule has 0 saturated carbocycles. The van der Waals surface area contributed by atoms with Crippen molar-refractivity contribution in [2.24, 2.45) is 5.92 Å². The quantitative estimate of drug-likeness (QED) is 0.726. The molecule has 8 heteroatoms. The highest BCUT2D eigenvalue weighted by Gasteiger charge is 2.25. The molecule has 1 aromatic heterocycles. The Morgan fingerprint density at radius 2 is 2.03 bits per heavy atom. The molecule has 0 aliphatic heterocycles. The van der Waals surface area contributed by atoms with Crippen molar-refractivity contribution in [2.75, 3.05) is 26.1 Å². The standard InChI is InChI=1S/C21H22N2O5S/c1-12-4-6-14-15(10-22)20(29-18(14)8-12)23-19(24)11-28-21(25)13-5-7-16(26-2)17(9-13)27-3/h5,7,9,12H,4,6,8,11H2,1-3H3,(H,23,24)/t12-/m1/s1. The van der Waals surface area contributed by atoms with Crippen LogP contribution in [0.3, 0.4) is 0 Å². The molecular weight excluding hydrogens is 392 g/mol. The number of nitrogens with one attached hydrogen (secondary N) is 1. The van der Waals surface area contributed by atoms with Gasteiger partial charge in [-0.15, -0.1) is 11.3 Å². The lowest BCUT2D eigenvalue weighted by atomic mass is 9.89. The fourth-order valence-corrected chi connectivity index (χ4v) is 4.67. The summed E-state index contributed by atoms with van der Waals surface area (Å²) in [6.07, 6.45) is 2.80. The van der Waals surface area contributed by atoms with E-state index in [1.165, 1.54) is 37.7 Å². The topological polar surface area (TPSA) is 97.6 Å². The second-order valence-corrected chi connectivity index (χ2v) is 7.97. The molecule has 1 aliphatic rings. The summed E-state index contributed by atoms with van der Waals surface area (Å²) in [5, 5.41) is 12.7.